The number of aryl methyl sites for hydroxylation is 1. The molecular formula is C18H22N4. The second-order valence-electron chi connectivity index (χ2n) is 6.29. The van der Waals surface area contributed by atoms with Crippen LogP contribution in [0, 0.1) is 24.2 Å². The van der Waals surface area contributed by atoms with Crippen molar-refractivity contribution in [2.75, 3.05) is 0 Å². The highest BCUT2D eigenvalue weighted by Crippen LogP contribution is 2.28. The first-order valence-electron chi connectivity index (χ1n) is 8.19. The van der Waals surface area contributed by atoms with Gasteiger partial charge in [0, 0.05) is 0 Å². The van der Waals surface area contributed by atoms with Crippen LogP contribution < -0.4 is 0 Å². The topological polar surface area (TPSA) is 54.5 Å². The third-order valence-electron chi connectivity index (χ3n) is 4.66. The van der Waals surface area contributed by atoms with Gasteiger partial charge in [-0.3, -0.25) is 0 Å². The average Bonchev–Trinajstić information content (AvgIpc) is 2.97. The summed E-state index contributed by atoms with van der Waals surface area (Å²) in [5, 5.41) is 17.5. The van der Waals surface area contributed by atoms with Crippen LogP contribution in [0.4, 0.5) is 0 Å². The van der Waals surface area contributed by atoms with Crippen LogP contribution in [0.25, 0.3) is 5.69 Å². The molecule has 0 saturated heterocycles. The molecule has 0 unspecified atom stereocenters. The molecule has 0 amide bonds. The molecule has 0 radical (unpaired) electrons. The van der Waals surface area contributed by atoms with Gasteiger partial charge in [0.05, 0.1) is 11.4 Å². The zero-order valence-electron chi connectivity index (χ0n) is 13.1. The van der Waals surface area contributed by atoms with Crippen molar-refractivity contribution in [3.8, 4) is 11.8 Å². The molecule has 1 heterocycles. The van der Waals surface area contributed by atoms with E-state index in [1.165, 1.54) is 37.7 Å². The largest absolute Gasteiger partial charge is 0.216 e. The van der Waals surface area contributed by atoms with Crippen LogP contribution in [-0.4, -0.2) is 15.0 Å². The van der Waals surface area contributed by atoms with Gasteiger partial charge in [-0.1, -0.05) is 55.0 Å². The lowest BCUT2D eigenvalue weighted by Crippen LogP contribution is -2.10. The van der Waals surface area contributed by atoms with E-state index in [0.717, 1.165) is 30.1 Å². The molecule has 22 heavy (non-hydrogen) atoms. The van der Waals surface area contributed by atoms with Crippen molar-refractivity contribution >= 4 is 0 Å². The van der Waals surface area contributed by atoms with Crippen molar-refractivity contribution in [3.63, 3.8) is 0 Å². The van der Waals surface area contributed by atoms with Crippen molar-refractivity contribution in [3.05, 3.63) is 41.2 Å². The zero-order valence-corrected chi connectivity index (χ0v) is 13.1. The number of rotatable bonds is 4. The molecule has 1 aromatic heterocycles. The summed E-state index contributed by atoms with van der Waals surface area (Å²) < 4.78 is 1.83. The predicted molar refractivity (Wildman–Crippen MR) is 85.7 cm³/mol. The predicted octanol–water partition coefficient (Wildman–Crippen LogP) is 3.96. The second kappa shape index (κ2) is 6.74. The summed E-state index contributed by atoms with van der Waals surface area (Å²) in [6.45, 7) is 2.07. The molecule has 2 aromatic rings. The smallest absolute Gasteiger partial charge is 0.186 e. The Kier molecular flexibility index (Phi) is 4.53. The maximum absolute atomic E-state index is 9.29. The molecule has 0 bridgehead atoms. The van der Waals surface area contributed by atoms with Crippen molar-refractivity contribution < 1.29 is 0 Å². The number of nitrogens with zero attached hydrogens (tertiary/aromatic N) is 4. The first kappa shape index (κ1) is 14.8. The molecule has 1 aromatic carbocycles. The molecular weight excluding hydrogens is 272 g/mol. The number of nitriles is 1. The Morgan fingerprint density at radius 1 is 1.18 bits per heavy atom. The summed E-state index contributed by atoms with van der Waals surface area (Å²) in [7, 11) is 0. The fourth-order valence-corrected chi connectivity index (χ4v) is 3.32. The Morgan fingerprint density at radius 3 is 2.59 bits per heavy atom. The summed E-state index contributed by atoms with van der Waals surface area (Å²) >= 11 is 0. The molecule has 114 valence electrons. The van der Waals surface area contributed by atoms with Gasteiger partial charge < -0.3 is 0 Å². The molecule has 1 saturated carbocycles. The lowest BCUT2D eigenvalue weighted by molar-refractivity contribution is 0.337. The minimum absolute atomic E-state index is 0.469. The third kappa shape index (κ3) is 3.19. The molecule has 0 aliphatic heterocycles. The standard InChI is InChI=1S/C18H22N4/c1-14-7-10-16(11-8-14)22-18(17(13-19)20-21-22)12-9-15-5-3-2-4-6-15/h7-8,10-11,15H,2-6,9,12H2,1H3. The van der Waals surface area contributed by atoms with Crippen LogP contribution in [0.2, 0.25) is 0 Å². The Morgan fingerprint density at radius 2 is 1.91 bits per heavy atom. The van der Waals surface area contributed by atoms with Crippen LogP contribution in [0.15, 0.2) is 24.3 Å². The highest BCUT2D eigenvalue weighted by Gasteiger charge is 2.18. The van der Waals surface area contributed by atoms with E-state index >= 15 is 0 Å². The molecule has 0 spiro atoms. The minimum atomic E-state index is 0.469. The van der Waals surface area contributed by atoms with E-state index in [9.17, 15) is 5.26 Å². The minimum Gasteiger partial charge on any atom is -0.216 e. The number of hydrogen-bond donors (Lipinski definition) is 0. The van der Waals surface area contributed by atoms with E-state index in [0.29, 0.717) is 5.69 Å². The van der Waals surface area contributed by atoms with E-state index in [-0.39, 0.29) is 0 Å². The van der Waals surface area contributed by atoms with E-state index in [4.69, 9.17) is 0 Å². The summed E-state index contributed by atoms with van der Waals surface area (Å²) in [5.74, 6) is 0.793. The highest BCUT2D eigenvalue weighted by molar-refractivity contribution is 5.38. The van der Waals surface area contributed by atoms with Crippen LogP contribution in [0.5, 0.6) is 0 Å². The van der Waals surface area contributed by atoms with Crippen molar-refractivity contribution in [1.82, 2.24) is 15.0 Å². The zero-order chi connectivity index (χ0) is 15.4. The fraction of sp³-hybridized carbons (Fsp3) is 0.500. The summed E-state index contributed by atoms with van der Waals surface area (Å²) in [6, 6.07) is 10.4. The van der Waals surface area contributed by atoms with Gasteiger partial charge in [-0.2, -0.15) is 5.26 Å². The van der Waals surface area contributed by atoms with E-state index in [1.54, 1.807) is 0 Å². The number of hydrogen-bond acceptors (Lipinski definition) is 3. The average molecular weight is 294 g/mol. The highest BCUT2D eigenvalue weighted by atomic mass is 15.4. The van der Waals surface area contributed by atoms with E-state index in [2.05, 4.69) is 35.4 Å². The molecule has 0 N–H and O–H groups in total. The van der Waals surface area contributed by atoms with Crippen LogP contribution in [-0.2, 0) is 6.42 Å². The normalized spacial score (nSPS) is 15.6. The lowest BCUT2D eigenvalue weighted by atomic mass is 9.85. The van der Waals surface area contributed by atoms with Crippen LogP contribution in [0.1, 0.15) is 55.5 Å². The molecule has 0 atom stereocenters. The fourth-order valence-electron chi connectivity index (χ4n) is 3.32. The molecule has 1 fully saturated rings. The van der Waals surface area contributed by atoms with Crippen LogP contribution in [0.3, 0.4) is 0 Å². The lowest BCUT2D eigenvalue weighted by Gasteiger charge is -2.21. The van der Waals surface area contributed by atoms with Gasteiger partial charge in [-0.15, -0.1) is 5.10 Å². The first-order chi connectivity index (χ1) is 10.8. The maximum atomic E-state index is 9.29. The van der Waals surface area contributed by atoms with Gasteiger partial charge in [-0.05, 0) is 37.8 Å². The summed E-state index contributed by atoms with van der Waals surface area (Å²) in [4.78, 5) is 0. The van der Waals surface area contributed by atoms with E-state index in [1.807, 2.05) is 16.8 Å². The Bertz CT molecular complexity index is 657. The first-order valence-corrected chi connectivity index (χ1v) is 8.19. The van der Waals surface area contributed by atoms with Gasteiger partial charge >= 0.3 is 0 Å². The van der Waals surface area contributed by atoms with Gasteiger partial charge in [0.15, 0.2) is 5.69 Å². The number of benzene rings is 1. The van der Waals surface area contributed by atoms with Crippen LogP contribution >= 0.6 is 0 Å². The Balaban J connectivity index is 1.81. The second-order valence-corrected chi connectivity index (χ2v) is 6.29. The summed E-state index contributed by atoms with van der Waals surface area (Å²) in [5.41, 5.74) is 3.62. The summed E-state index contributed by atoms with van der Waals surface area (Å²) in [6.07, 6.45) is 8.75. The van der Waals surface area contributed by atoms with Crippen molar-refractivity contribution in [2.45, 2.75) is 51.9 Å². The molecule has 4 nitrogen and oxygen atoms in total. The van der Waals surface area contributed by atoms with Gasteiger partial charge in [0.25, 0.3) is 0 Å². The van der Waals surface area contributed by atoms with Crippen molar-refractivity contribution in [2.24, 2.45) is 5.92 Å². The molecule has 1 aliphatic rings. The van der Waals surface area contributed by atoms with E-state index < -0.39 is 0 Å². The van der Waals surface area contributed by atoms with Gasteiger partial charge in [0.1, 0.15) is 6.07 Å². The number of aromatic nitrogens is 3. The molecule has 1 aliphatic carbocycles. The SMILES string of the molecule is Cc1ccc(-n2nnc(C#N)c2CCC2CCCCC2)cc1. The molecule has 3 rings (SSSR count). The Hall–Kier alpha value is -2.15. The van der Waals surface area contributed by atoms with Crippen molar-refractivity contribution in [1.29, 1.82) is 5.26 Å². The molecule has 4 heteroatoms. The quantitative estimate of drug-likeness (QED) is 0.857. The third-order valence-corrected chi connectivity index (χ3v) is 4.66. The maximum Gasteiger partial charge on any atom is 0.186 e. The van der Waals surface area contributed by atoms with Gasteiger partial charge in [0.2, 0.25) is 0 Å². The Labute approximate surface area is 131 Å². The van der Waals surface area contributed by atoms with Gasteiger partial charge in [-0.25, -0.2) is 4.68 Å². The monoisotopic (exact) mass is 294 g/mol.